The van der Waals surface area contributed by atoms with E-state index in [0.717, 1.165) is 84.6 Å². The molecule has 15 rings (SSSR count). The fourth-order valence-electron chi connectivity index (χ4n) is 12.7. The quantitative estimate of drug-likeness (QED) is 0.00345. The maximum Gasteiger partial charge on any atom is 1.00 e. The Morgan fingerprint density at radius 3 is 0.827 bits per heavy atom. The minimum absolute atomic E-state index is 0. The summed E-state index contributed by atoms with van der Waals surface area (Å²) in [5, 5.41) is 47.0. The zero-order valence-electron chi connectivity index (χ0n) is 82.1. The Bertz CT molecular complexity index is 6840. The first kappa shape index (κ1) is 131. The number of oxime groups is 4. The minimum Gasteiger partial charge on any atom is -0.662 e. The van der Waals surface area contributed by atoms with Gasteiger partial charge in [0.15, 0.2) is 21.8 Å². The number of carbonyl (C=O) groups excluding carboxylic acids is 1. The standard InChI is InChI=1S/3C17H18BrN3O3S.C16H18N2O2S.C14H15BrN2O2S.C7H7BrFNO2S.C7H9N.C3H6.CHBr2NO.CH2O3.Na/c3*1-19-25(22,23)13-7-8-15(20-11-12-5-3-2-4-6-12)14(9-13)16-10-17(18)21-24-16;1-3-14-11-15(21(19,20)17-2)9-10-16(14)18-12-13-7-5-4-6-8-13;1-16-20(18,19)12-7-8-14(13(15)9-12)17-10-11-5-3-2-4-6-11;1-10-13(11,12)5-2-3-7(9)6(8)4-5;8-6-7-4-2-1-3-5-7;1-3-2;2-1(3)4-5;2-1-4-3;/h3*2-9,16,19-20H,10-11H2,1H3;3-11,17-18H,1,12H2,2H3;2-9,16-17H,10H2,1H3;2-4,10H,1H3;1-5H,6,8H2;3H,1H2,2H3;5H;1,3H;/q;;;;;;;;;;+1/p-1/t2*16-;;;;;;;;;/m10........./s1. The number of allylic oxidation sites excluding steroid dienone is 1. The van der Waals surface area contributed by atoms with E-state index in [1.165, 1.54) is 60.0 Å². The molecule has 0 aliphatic carbocycles. The van der Waals surface area contributed by atoms with Crippen LogP contribution >= 0.6 is 112 Å². The van der Waals surface area contributed by atoms with Gasteiger partial charge in [0.1, 0.15) is 19.7 Å². The Morgan fingerprint density at radius 1 is 0.393 bits per heavy atom. The molecule has 0 radical (unpaired) electrons. The van der Waals surface area contributed by atoms with Gasteiger partial charge in [0.05, 0.1) is 33.8 Å². The fourth-order valence-corrected chi connectivity index (χ4v) is 19.6. The van der Waals surface area contributed by atoms with Crippen LogP contribution in [0.5, 0.6) is 0 Å². The van der Waals surface area contributed by atoms with Crippen LogP contribution in [-0.4, -0.2) is 122 Å². The van der Waals surface area contributed by atoms with Crippen molar-refractivity contribution in [3.05, 3.63) is 381 Å². The molecule has 3 aliphatic heterocycles. The molecule has 3 atom stereocenters. The molecule has 50 heteroatoms. The molecule has 3 aliphatic rings. The molecule has 150 heavy (non-hydrogen) atoms. The van der Waals surface area contributed by atoms with Crippen molar-refractivity contribution in [3.63, 3.8) is 0 Å². The van der Waals surface area contributed by atoms with Gasteiger partial charge in [0.25, 0.3) is 6.47 Å². The van der Waals surface area contributed by atoms with E-state index in [-0.39, 0.29) is 88.2 Å². The predicted molar refractivity (Wildman–Crippen MR) is 609 cm³/mol. The summed E-state index contributed by atoms with van der Waals surface area (Å²) in [6, 6.07) is 88.1. The smallest absolute Gasteiger partial charge is 0.662 e. The SMILES string of the molecule is C=CC.C=Cc1cc(S(=O)(=O)NC)ccc1NCc1ccccc1.CNS(=O)(=O)c1ccc(F)c(Br)c1.CNS(=O)(=O)c1ccc(NCc2ccccc2)c(Br)c1.CNS(=O)(=O)c1ccc(NCc2ccccc2)c(C2CC(Br)=NO2)c1.CNS(=O)(=O)c1ccc(NCc2ccccc2)c([C@@H]2CC(Br)=NO2)c1.CNS(=O)(=O)c1ccc(NCc2ccccc2)c([C@H]2CC(Br)=NO2)c1.NCc1ccccc1.O=CO[O-].ON=C(Br)Br.[Na+]. The average Bonchev–Trinajstić information content (AvgIpc) is 1.54. The van der Waals surface area contributed by atoms with Crippen LogP contribution in [0.3, 0.4) is 0 Å². The Balaban J connectivity index is 0.000000306. The van der Waals surface area contributed by atoms with Gasteiger partial charge in [-0.15, -0.1) is 6.58 Å². The Labute approximate surface area is 956 Å². The van der Waals surface area contributed by atoms with Crippen molar-refractivity contribution < 1.29 is 119 Å². The Hall–Kier alpha value is -9.86. The summed E-state index contributed by atoms with van der Waals surface area (Å²) in [6.07, 6.45) is 4.07. The van der Waals surface area contributed by atoms with Gasteiger partial charge in [-0.05, 0) is 309 Å². The summed E-state index contributed by atoms with van der Waals surface area (Å²) < 4.78 is 172. The van der Waals surface area contributed by atoms with Crippen molar-refractivity contribution in [2.45, 2.75) is 113 Å². The fraction of sp³-hybridized carbons (Fsp3) is 0.190. The van der Waals surface area contributed by atoms with Gasteiger partial charge in [0, 0.05) is 108 Å². The summed E-state index contributed by atoms with van der Waals surface area (Å²) in [5.74, 6) is -0.491. The van der Waals surface area contributed by atoms with Crippen LogP contribution < -0.4 is 95.5 Å². The normalized spacial score (nSPS) is 13.5. The first-order chi connectivity index (χ1) is 71.1. The number of halogens is 8. The number of nitrogens with one attached hydrogen (secondary N) is 11. The van der Waals surface area contributed by atoms with Crippen molar-refractivity contribution in [1.29, 1.82) is 0 Å². The first-order valence-corrected chi connectivity index (χ1v) is 58.7. The number of hydrogen-bond acceptors (Lipinski definition) is 29. The van der Waals surface area contributed by atoms with Crippen molar-refractivity contribution in [2.75, 3.05) is 68.9 Å². The largest absolute Gasteiger partial charge is 1.00 e. The maximum absolute atomic E-state index is 12.7. The van der Waals surface area contributed by atoms with Crippen LogP contribution in [0.1, 0.15) is 100 Å². The third kappa shape index (κ3) is 44.7. The molecule has 0 saturated carbocycles. The number of rotatable bonds is 33. The topological polar surface area (TPSA) is 510 Å². The van der Waals surface area contributed by atoms with E-state index >= 15 is 0 Å². The van der Waals surface area contributed by atoms with Gasteiger partial charge >= 0.3 is 29.6 Å². The molecule has 798 valence electrons. The molecule has 0 aromatic heterocycles. The summed E-state index contributed by atoms with van der Waals surface area (Å²) in [5.41, 5.74) is 19.4. The van der Waals surface area contributed by atoms with Gasteiger partial charge in [-0.1, -0.05) is 221 Å². The van der Waals surface area contributed by atoms with Crippen molar-refractivity contribution in [1.82, 2.24) is 28.3 Å². The third-order valence-electron chi connectivity index (χ3n) is 20.4. The Morgan fingerprint density at radius 2 is 0.613 bits per heavy atom. The van der Waals surface area contributed by atoms with E-state index in [2.05, 4.69) is 205 Å². The van der Waals surface area contributed by atoms with Crippen molar-refractivity contribution >= 4 is 230 Å². The second kappa shape index (κ2) is 67.6. The van der Waals surface area contributed by atoms with Crippen molar-refractivity contribution in [2.24, 2.45) is 26.4 Å². The van der Waals surface area contributed by atoms with Crippen molar-refractivity contribution in [3.8, 4) is 0 Å². The van der Waals surface area contributed by atoms with Crippen LogP contribution in [0.4, 0.5) is 32.8 Å². The third-order valence-corrected chi connectivity index (χ3v) is 31.8. The summed E-state index contributed by atoms with van der Waals surface area (Å²) in [4.78, 5) is 28.6. The van der Waals surface area contributed by atoms with E-state index in [4.69, 9.17) is 35.5 Å². The minimum atomic E-state index is -3.53. The van der Waals surface area contributed by atoms with E-state index in [9.17, 15) is 54.9 Å². The molecule has 14 N–H and O–H groups in total. The van der Waals surface area contributed by atoms with Crippen LogP contribution in [0, 0.1) is 5.82 Å². The van der Waals surface area contributed by atoms with Gasteiger partial charge in [-0.3, -0.25) is 4.79 Å². The summed E-state index contributed by atoms with van der Waals surface area (Å²) in [6.45, 7) is 12.7. The number of sulfonamides is 6. The van der Waals surface area contributed by atoms with Crippen LogP contribution in [-0.2, 0) is 124 Å². The van der Waals surface area contributed by atoms with E-state index in [1.807, 2.05) is 189 Å². The molecule has 0 fully saturated rings. The molecule has 0 spiro atoms. The predicted octanol–water partition coefficient (Wildman–Crippen LogP) is 16.7. The summed E-state index contributed by atoms with van der Waals surface area (Å²) in [7, 11) is -12.7. The number of hydrogen-bond donors (Lipinski definition) is 13. The molecule has 12 aromatic rings. The molecule has 35 nitrogen and oxygen atoms in total. The van der Waals surface area contributed by atoms with Gasteiger partial charge < -0.3 is 62.2 Å². The number of nitrogens with two attached hydrogens (primary N) is 1. The van der Waals surface area contributed by atoms with Gasteiger partial charge in [-0.2, -0.15) is 0 Å². The number of anilines is 5. The first-order valence-electron chi connectivity index (χ1n) is 44.2. The van der Waals surface area contributed by atoms with Gasteiger partial charge in [0.2, 0.25) is 60.1 Å². The molecule has 0 saturated heterocycles. The van der Waals surface area contributed by atoms with Crippen LogP contribution in [0.2, 0.25) is 0 Å². The maximum atomic E-state index is 12.7. The molecule has 3 heterocycles. The molecular formula is C100H111Br7FN16NaO19S6. The zero-order valence-corrected chi connectivity index (χ0v) is 100. The average molecular weight is 2630 g/mol. The molecule has 0 amide bonds. The molecule has 12 aromatic carbocycles. The zero-order chi connectivity index (χ0) is 110. The summed E-state index contributed by atoms with van der Waals surface area (Å²) >= 11 is 21.8. The van der Waals surface area contributed by atoms with Crippen LogP contribution in [0.15, 0.2) is 369 Å². The second-order valence-electron chi connectivity index (χ2n) is 30.3. The number of nitrogens with zero attached hydrogens (tertiary/aromatic N) is 4. The van der Waals surface area contributed by atoms with E-state index < -0.39 is 66.0 Å². The monoisotopic (exact) mass is 2630 g/mol. The second-order valence-corrected chi connectivity index (χ2v) is 48.6. The number of benzene rings is 12. The molecule has 1 unspecified atom stereocenters. The number of carbonyl (C=O) groups is 1. The van der Waals surface area contributed by atoms with E-state index in [1.54, 1.807) is 103 Å². The van der Waals surface area contributed by atoms with E-state index in [0.29, 0.717) is 80.4 Å². The Kier molecular flexibility index (Phi) is 58.9. The molecule has 0 bridgehead atoms. The van der Waals surface area contributed by atoms with Gasteiger partial charge in [-0.25, -0.2) is 83.2 Å². The molecular weight excluding hydrogens is 2520 g/mol. The van der Waals surface area contributed by atoms with Crippen LogP contribution in [0.25, 0.3) is 6.08 Å².